The molecular formula is C15H17N5O. The van der Waals surface area contributed by atoms with Crippen LogP contribution in [0.15, 0.2) is 24.5 Å². The maximum absolute atomic E-state index is 12.4. The Bertz CT molecular complexity index is 656. The molecule has 2 aromatic rings. The molecule has 2 aromatic heterocycles. The van der Waals surface area contributed by atoms with Gasteiger partial charge in [-0.1, -0.05) is 13.8 Å². The van der Waals surface area contributed by atoms with Crippen molar-refractivity contribution >= 4 is 5.91 Å². The lowest BCUT2D eigenvalue weighted by Crippen LogP contribution is -2.26. The average molecular weight is 283 g/mol. The lowest BCUT2D eigenvalue weighted by atomic mass is 10.1. The smallest absolute Gasteiger partial charge is 0.275 e. The van der Waals surface area contributed by atoms with Gasteiger partial charge in [0, 0.05) is 30.9 Å². The third kappa shape index (κ3) is 2.89. The van der Waals surface area contributed by atoms with Gasteiger partial charge in [-0.3, -0.25) is 4.79 Å². The SMILES string of the molecule is CC(C)Cc1ncc2c(n1)CN(C(=O)c1cccnn1)C2. The zero-order valence-electron chi connectivity index (χ0n) is 12.2. The van der Waals surface area contributed by atoms with Gasteiger partial charge in [0.2, 0.25) is 0 Å². The molecule has 6 nitrogen and oxygen atoms in total. The lowest BCUT2D eigenvalue weighted by molar-refractivity contribution is 0.0743. The number of carbonyl (C=O) groups excluding carboxylic acids is 1. The van der Waals surface area contributed by atoms with Crippen LogP contribution in [0.1, 0.15) is 41.4 Å². The predicted octanol–water partition coefficient (Wildman–Crippen LogP) is 1.62. The van der Waals surface area contributed by atoms with E-state index in [1.165, 1.54) is 0 Å². The van der Waals surface area contributed by atoms with Crippen LogP contribution in [0.3, 0.4) is 0 Å². The molecule has 0 saturated heterocycles. The number of amides is 1. The number of hydrogen-bond donors (Lipinski definition) is 0. The molecule has 3 rings (SSSR count). The van der Waals surface area contributed by atoms with Gasteiger partial charge in [0.1, 0.15) is 5.82 Å². The van der Waals surface area contributed by atoms with Crippen molar-refractivity contribution < 1.29 is 4.79 Å². The van der Waals surface area contributed by atoms with E-state index in [-0.39, 0.29) is 5.91 Å². The summed E-state index contributed by atoms with van der Waals surface area (Å²) >= 11 is 0. The first-order valence-corrected chi connectivity index (χ1v) is 7.04. The van der Waals surface area contributed by atoms with E-state index in [2.05, 4.69) is 34.0 Å². The van der Waals surface area contributed by atoms with Crippen molar-refractivity contribution in [3.63, 3.8) is 0 Å². The second-order valence-electron chi connectivity index (χ2n) is 5.63. The topological polar surface area (TPSA) is 71.9 Å². The Morgan fingerprint density at radius 3 is 2.95 bits per heavy atom. The molecule has 1 aliphatic heterocycles. The maximum Gasteiger partial charge on any atom is 0.275 e. The summed E-state index contributed by atoms with van der Waals surface area (Å²) in [6.45, 7) is 5.33. The Balaban J connectivity index is 1.77. The van der Waals surface area contributed by atoms with Crippen molar-refractivity contribution in [1.29, 1.82) is 0 Å². The van der Waals surface area contributed by atoms with E-state index in [9.17, 15) is 4.79 Å². The van der Waals surface area contributed by atoms with Crippen LogP contribution in [0.2, 0.25) is 0 Å². The van der Waals surface area contributed by atoms with Crippen molar-refractivity contribution in [1.82, 2.24) is 25.1 Å². The summed E-state index contributed by atoms with van der Waals surface area (Å²) in [5.74, 6) is 1.24. The second kappa shape index (κ2) is 5.55. The van der Waals surface area contributed by atoms with Gasteiger partial charge in [-0.15, -0.1) is 5.10 Å². The molecule has 0 radical (unpaired) electrons. The van der Waals surface area contributed by atoms with E-state index in [0.29, 0.717) is 24.7 Å². The quantitative estimate of drug-likeness (QED) is 0.856. The van der Waals surface area contributed by atoms with Crippen LogP contribution in [0.25, 0.3) is 0 Å². The molecule has 0 saturated carbocycles. The zero-order chi connectivity index (χ0) is 14.8. The van der Waals surface area contributed by atoms with Gasteiger partial charge in [-0.05, 0) is 18.1 Å². The first-order chi connectivity index (χ1) is 10.1. The molecule has 0 unspecified atom stereocenters. The van der Waals surface area contributed by atoms with Gasteiger partial charge in [-0.2, -0.15) is 5.10 Å². The number of fused-ring (bicyclic) bond motifs is 1. The van der Waals surface area contributed by atoms with E-state index in [0.717, 1.165) is 23.5 Å². The highest BCUT2D eigenvalue weighted by molar-refractivity contribution is 5.92. The Kier molecular flexibility index (Phi) is 3.60. The number of hydrogen-bond acceptors (Lipinski definition) is 5. The molecule has 0 N–H and O–H groups in total. The van der Waals surface area contributed by atoms with E-state index in [4.69, 9.17) is 0 Å². The molecule has 108 valence electrons. The fourth-order valence-electron chi connectivity index (χ4n) is 2.38. The standard InChI is InChI=1S/C15H17N5O/c1-10(2)6-14-16-7-11-8-20(9-13(11)18-14)15(21)12-4-3-5-17-19-12/h3-5,7,10H,6,8-9H2,1-2H3. The molecule has 0 aliphatic carbocycles. The molecular weight excluding hydrogens is 266 g/mol. The van der Waals surface area contributed by atoms with Crippen molar-refractivity contribution in [3.8, 4) is 0 Å². The number of aromatic nitrogens is 4. The van der Waals surface area contributed by atoms with Crippen molar-refractivity contribution in [2.24, 2.45) is 5.92 Å². The summed E-state index contributed by atoms with van der Waals surface area (Å²) in [5, 5.41) is 7.61. The molecule has 3 heterocycles. The Hall–Kier alpha value is -2.37. The van der Waals surface area contributed by atoms with E-state index < -0.39 is 0 Å². The third-order valence-corrected chi connectivity index (χ3v) is 3.38. The summed E-state index contributed by atoms with van der Waals surface area (Å²) in [7, 11) is 0. The third-order valence-electron chi connectivity index (χ3n) is 3.38. The van der Waals surface area contributed by atoms with E-state index in [1.807, 2.05) is 6.20 Å². The highest BCUT2D eigenvalue weighted by Crippen LogP contribution is 2.22. The minimum Gasteiger partial charge on any atom is -0.327 e. The fraction of sp³-hybridized carbons (Fsp3) is 0.400. The lowest BCUT2D eigenvalue weighted by Gasteiger charge is -2.13. The second-order valence-corrected chi connectivity index (χ2v) is 5.63. The summed E-state index contributed by atoms with van der Waals surface area (Å²) < 4.78 is 0. The van der Waals surface area contributed by atoms with Crippen LogP contribution in [0.5, 0.6) is 0 Å². The van der Waals surface area contributed by atoms with Gasteiger partial charge >= 0.3 is 0 Å². The first-order valence-electron chi connectivity index (χ1n) is 7.04. The molecule has 21 heavy (non-hydrogen) atoms. The monoisotopic (exact) mass is 283 g/mol. The average Bonchev–Trinajstić information content (AvgIpc) is 2.90. The molecule has 6 heteroatoms. The summed E-state index contributed by atoms with van der Waals surface area (Å²) in [6, 6.07) is 3.39. The number of nitrogens with zero attached hydrogens (tertiary/aromatic N) is 5. The molecule has 0 fully saturated rings. The fourth-order valence-corrected chi connectivity index (χ4v) is 2.38. The highest BCUT2D eigenvalue weighted by Gasteiger charge is 2.26. The van der Waals surface area contributed by atoms with Crippen LogP contribution in [-0.4, -0.2) is 31.0 Å². The number of carbonyl (C=O) groups is 1. The van der Waals surface area contributed by atoms with E-state index >= 15 is 0 Å². The summed E-state index contributed by atoms with van der Waals surface area (Å²) in [6.07, 6.45) is 4.24. The highest BCUT2D eigenvalue weighted by atomic mass is 16.2. The van der Waals surface area contributed by atoms with Crippen molar-refractivity contribution in [2.45, 2.75) is 33.4 Å². The largest absolute Gasteiger partial charge is 0.327 e. The first kappa shape index (κ1) is 13.6. The van der Waals surface area contributed by atoms with Crippen LogP contribution in [0, 0.1) is 5.92 Å². The molecule has 0 spiro atoms. The molecule has 0 bridgehead atoms. The molecule has 0 atom stereocenters. The van der Waals surface area contributed by atoms with Gasteiger partial charge < -0.3 is 4.90 Å². The van der Waals surface area contributed by atoms with Crippen molar-refractivity contribution in [3.05, 3.63) is 47.3 Å². The Labute approximate surface area is 123 Å². The molecule has 0 aromatic carbocycles. The minimum atomic E-state index is -0.119. The summed E-state index contributed by atoms with van der Waals surface area (Å²) in [5.41, 5.74) is 2.32. The summed E-state index contributed by atoms with van der Waals surface area (Å²) in [4.78, 5) is 23.0. The van der Waals surface area contributed by atoms with Crippen LogP contribution in [0.4, 0.5) is 0 Å². The normalized spacial score (nSPS) is 13.6. The Morgan fingerprint density at radius 1 is 1.38 bits per heavy atom. The van der Waals surface area contributed by atoms with Crippen molar-refractivity contribution in [2.75, 3.05) is 0 Å². The van der Waals surface area contributed by atoms with Crippen LogP contribution in [-0.2, 0) is 19.5 Å². The van der Waals surface area contributed by atoms with Gasteiger partial charge in [0.25, 0.3) is 5.91 Å². The van der Waals surface area contributed by atoms with Gasteiger partial charge in [0.05, 0.1) is 12.2 Å². The molecule has 1 amide bonds. The number of rotatable bonds is 3. The minimum absolute atomic E-state index is 0.119. The Morgan fingerprint density at radius 2 is 2.24 bits per heavy atom. The van der Waals surface area contributed by atoms with Gasteiger partial charge in [-0.25, -0.2) is 9.97 Å². The van der Waals surface area contributed by atoms with Crippen LogP contribution >= 0.6 is 0 Å². The van der Waals surface area contributed by atoms with Crippen LogP contribution < -0.4 is 0 Å². The van der Waals surface area contributed by atoms with E-state index in [1.54, 1.807) is 23.2 Å². The zero-order valence-corrected chi connectivity index (χ0v) is 12.2. The predicted molar refractivity (Wildman–Crippen MR) is 76.2 cm³/mol. The molecule has 1 aliphatic rings. The van der Waals surface area contributed by atoms with Gasteiger partial charge in [0.15, 0.2) is 5.69 Å². The maximum atomic E-state index is 12.4.